The number of benzene rings is 2. The van der Waals surface area contributed by atoms with Crippen molar-refractivity contribution < 1.29 is 9.53 Å². The third-order valence-corrected chi connectivity index (χ3v) is 3.10. The molecular formula is C16H16ClNO2. The topological polar surface area (TPSA) is 38.3 Å². The van der Waals surface area contributed by atoms with Gasteiger partial charge in [0.1, 0.15) is 5.75 Å². The molecule has 0 aliphatic heterocycles. The third-order valence-electron chi connectivity index (χ3n) is 2.79. The number of alkyl halides is 1. The zero-order valence-corrected chi connectivity index (χ0v) is 12.0. The van der Waals surface area contributed by atoms with Crippen LogP contribution in [-0.4, -0.2) is 12.5 Å². The van der Waals surface area contributed by atoms with Crippen LogP contribution in [0.5, 0.6) is 5.75 Å². The summed E-state index contributed by atoms with van der Waals surface area (Å²) >= 11 is 5.72. The molecule has 0 saturated carbocycles. The number of carbonyl (C=O) groups excluding carboxylic acids is 1. The molecule has 0 unspecified atom stereocenters. The molecule has 20 heavy (non-hydrogen) atoms. The average molecular weight is 290 g/mol. The van der Waals surface area contributed by atoms with E-state index in [-0.39, 0.29) is 5.91 Å². The number of hydrogen-bond donors (Lipinski definition) is 1. The number of anilines is 1. The molecule has 0 heterocycles. The number of hydrogen-bond acceptors (Lipinski definition) is 2. The molecule has 2 rings (SSSR count). The molecule has 2 aromatic carbocycles. The van der Waals surface area contributed by atoms with E-state index in [1.807, 2.05) is 31.2 Å². The number of nitrogens with one attached hydrogen (secondary N) is 1. The monoisotopic (exact) mass is 289 g/mol. The summed E-state index contributed by atoms with van der Waals surface area (Å²) in [6.07, 6.45) is 0. The lowest BCUT2D eigenvalue weighted by atomic mass is 10.2. The molecule has 0 fully saturated rings. The van der Waals surface area contributed by atoms with Crippen LogP contribution < -0.4 is 10.1 Å². The van der Waals surface area contributed by atoms with Gasteiger partial charge in [0.25, 0.3) is 5.91 Å². The van der Waals surface area contributed by atoms with E-state index in [2.05, 4.69) is 5.32 Å². The number of halogens is 1. The Morgan fingerprint density at radius 3 is 2.30 bits per heavy atom. The van der Waals surface area contributed by atoms with Gasteiger partial charge in [0.2, 0.25) is 0 Å². The van der Waals surface area contributed by atoms with Crippen molar-refractivity contribution in [2.24, 2.45) is 0 Å². The van der Waals surface area contributed by atoms with E-state index < -0.39 is 0 Å². The molecule has 3 nitrogen and oxygen atoms in total. The highest BCUT2D eigenvalue weighted by molar-refractivity contribution is 6.17. The normalized spacial score (nSPS) is 10.1. The lowest BCUT2D eigenvalue weighted by Crippen LogP contribution is -2.11. The first-order valence-electron chi connectivity index (χ1n) is 6.42. The van der Waals surface area contributed by atoms with E-state index in [0.29, 0.717) is 18.1 Å². The molecule has 0 aliphatic carbocycles. The second-order valence-corrected chi connectivity index (χ2v) is 4.51. The van der Waals surface area contributed by atoms with Crippen LogP contribution in [0.25, 0.3) is 0 Å². The molecular weight excluding hydrogens is 274 g/mol. The second kappa shape index (κ2) is 6.96. The largest absolute Gasteiger partial charge is 0.494 e. The lowest BCUT2D eigenvalue weighted by molar-refractivity contribution is 0.102. The van der Waals surface area contributed by atoms with Crippen LogP contribution in [0.3, 0.4) is 0 Å². The maximum atomic E-state index is 12.1. The molecule has 0 aromatic heterocycles. The Balaban J connectivity index is 2.03. The van der Waals surface area contributed by atoms with Crippen molar-refractivity contribution in [3.8, 4) is 5.75 Å². The van der Waals surface area contributed by atoms with E-state index >= 15 is 0 Å². The fourth-order valence-corrected chi connectivity index (χ4v) is 1.93. The second-order valence-electron chi connectivity index (χ2n) is 4.24. The predicted molar refractivity (Wildman–Crippen MR) is 81.6 cm³/mol. The Labute approximate surface area is 123 Å². The minimum absolute atomic E-state index is 0.147. The van der Waals surface area contributed by atoms with E-state index in [0.717, 1.165) is 17.0 Å². The van der Waals surface area contributed by atoms with Gasteiger partial charge in [-0.2, -0.15) is 0 Å². The number of amides is 1. The van der Waals surface area contributed by atoms with Crippen molar-refractivity contribution >= 4 is 23.2 Å². The molecule has 0 spiro atoms. The first-order chi connectivity index (χ1) is 9.72. The summed E-state index contributed by atoms with van der Waals surface area (Å²) in [6.45, 7) is 2.53. The minimum Gasteiger partial charge on any atom is -0.494 e. The molecule has 1 amide bonds. The van der Waals surface area contributed by atoms with Gasteiger partial charge in [-0.25, -0.2) is 0 Å². The smallest absolute Gasteiger partial charge is 0.255 e. The number of ether oxygens (including phenoxy) is 1. The van der Waals surface area contributed by atoms with E-state index in [1.165, 1.54) is 0 Å². The predicted octanol–water partition coefficient (Wildman–Crippen LogP) is 4.08. The van der Waals surface area contributed by atoms with Crippen LogP contribution >= 0.6 is 11.6 Å². The van der Waals surface area contributed by atoms with Gasteiger partial charge in [-0.3, -0.25) is 4.79 Å². The van der Waals surface area contributed by atoms with Crippen LogP contribution in [0, 0.1) is 0 Å². The van der Waals surface area contributed by atoms with Crippen LogP contribution in [0.4, 0.5) is 5.69 Å². The van der Waals surface area contributed by atoms with Gasteiger partial charge in [0.05, 0.1) is 6.61 Å². The summed E-state index contributed by atoms with van der Waals surface area (Å²) in [7, 11) is 0. The summed E-state index contributed by atoms with van der Waals surface area (Å²) < 4.78 is 5.34. The van der Waals surface area contributed by atoms with Crippen LogP contribution in [0.1, 0.15) is 22.8 Å². The molecule has 2 aromatic rings. The minimum atomic E-state index is -0.147. The van der Waals surface area contributed by atoms with Crippen molar-refractivity contribution in [3.05, 3.63) is 59.7 Å². The van der Waals surface area contributed by atoms with Crippen molar-refractivity contribution in [2.45, 2.75) is 12.8 Å². The molecule has 0 atom stereocenters. The molecule has 0 saturated heterocycles. The summed E-state index contributed by atoms with van der Waals surface area (Å²) in [5.41, 5.74) is 2.36. The molecule has 4 heteroatoms. The van der Waals surface area contributed by atoms with Gasteiger partial charge < -0.3 is 10.1 Å². The van der Waals surface area contributed by atoms with Crippen molar-refractivity contribution in [1.82, 2.24) is 0 Å². The van der Waals surface area contributed by atoms with Gasteiger partial charge in [-0.15, -0.1) is 11.6 Å². The number of rotatable bonds is 5. The Kier molecular flexibility index (Phi) is 5.02. The van der Waals surface area contributed by atoms with Crippen LogP contribution in [0.2, 0.25) is 0 Å². The van der Waals surface area contributed by atoms with Crippen LogP contribution in [-0.2, 0) is 5.88 Å². The Bertz CT molecular complexity index is 564. The summed E-state index contributed by atoms with van der Waals surface area (Å²) in [5, 5.41) is 2.84. The molecule has 1 N–H and O–H groups in total. The standard InChI is InChI=1S/C16H16ClNO2/c1-2-20-15-9-5-13(6-10-15)16(19)18-14-7-3-12(11-17)4-8-14/h3-10H,2,11H2,1H3,(H,18,19). The van der Waals surface area contributed by atoms with Crippen molar-refractivity contribution in [2.75, 3.05) is 11.9 Å². The summed E-state index contributed by atoms with van der Waals surface area (Å²) in [4.78, 5) is 12.1. The van der Waals surface area contributed by atoms with Gasteiger partial charge in [-0.1, -0.05) is 12.1 Å². The van der Waals surface area contributed by atoms with Gasteiger partial charge >= 0.3 is 0 Å². The zero-order valence-electron chi connectivity index (χ0n) is 11.2. The Hall–Kier alpha value is -2.00. The summed E-state index contributed by atoms with van der Waals surface area (Å²) in [5.74, 6) is 1.08. The van der Waals surface area contributed by atoms with E-state index in [9.17, 15) is 4.79 Å². The highest BCUT2D eigenvalue weighted by Gasteiger charge is 2.06. The maximum Gasteiger partial charge on any atom is 0.255 e. The van der Waals surface area contributed by atoms with Crippen molar-refractivity contribution in [1.29, 1.82) is 0 Å². The Morgan fingerprint density at radius 2 is 1.75 bits per heavy atom. The highest BCUT2D eigenvalue weighted by Crippen LogP contribution is 2.15. The van der Waals surface area contributed by atoms with Gasteiger partial charge in [0, 0.05) is 17.1 Å². The summed E-state index contributed by atoms with van der Waals surface area (Å²) in [6, 6.07) is 14.5. The molecule has 0 bridgehead atoms. The first-order valence-corrected chi connectivity index (χ1v) is 6.95. The van der Waals surface area contributed by atoms with E-state index in [4.69, 9.17) is 16.3 Å². The maximum absolute atomic E-state index is 12.1. The number of carbonyl (C=O) groups is 1. The van der Waals surface area contributed by atoms with Crippen LogP contribution in [0.15, 0.2) is 48.5 Å². The zero-order chi connectivity index (χ0) is 14.4. The molecule has 0 aliphatic rings. The van der Waals surface area contributed by atoms with Gasteiger partial charge in [-0.05, 0) is 48.9 Å². The lowest BCUT2D eigenvalue weighted by Gasteiger charge is -2.07. The SMILES string of the molecule is CCOc1ccc(C(=O)Nc2ccc(CCl)cc2)cc1. The molecule has 0 radical (unpaired) electrons. The van der Waals surface area contributed by atoms with E-state index in [1.54, 1.807) is 24.3 Å². The van der Waals surface area contributed by atoms with Crippen molar-refractivity contribution in [3.63, 3.8) is 0 Å². The first kappa shape index (κ1) is 14.4. The third kappa shape index (κ3) is 3.75. The Morgan fingerprint density at radius 1 is 1.10 bits per heavy atom. The molecule has 104 valence electrons. The fraction of sp³-hybridized carbons (Fsp3) is 0.188. The van der Waals surface area contributed by atoms with Gasteiger partial charge in [0.15, 0.2) is 0 Å². The quantitative estimate of drug-likeness (QED) is 0.843. The highest BCUT2D eigenvalue weighted by atomic mass is 35.5. The fourth-order valence-electron chi connectivity index (χ4n) is 1.75. The average Bonchev–Trinajstić information content (AvgIpc) is 2.49.